The molecule has 0 aromatic heterocycles. The van der Waals surface area contributed by atoms with Crippen molar-refractivity contribution in [3.8, 4) is 0 Å². The first-order chi connectivity index (χ1) is 11.0. The van der Waals surface area contributed by atoms with Crippen LogP contribution in [0.1, 0.15) is 18.5 Å². The highest BCUT2D eigenvalue weighted by atomic mass is 35.5. The van der Waals surface area contributed by atoms with Crippen LogP contribution in [-0.2, 0) is 14.3 Å². The van der Waals surface area contributed by atoms with Crippen molar-refractivity contribution in [2.24, 2.45) is 0 Å². The molecule has 124 valence electrons. The average Bonchev–Trinajstić information content (AvgIpc) is 2.46. The lowest BCUT2D eigenvalue weighted by atomic mass is 9.95. The normalized spacial score (nSPS) is 17.6. The van der Waals surface area contributed by atoms with Gasteiger partial charge >= 0.3 is 12.0 Å². The summed E-state index contributed by atoms with van der Waals surface area (Å²) in [5.41, 5.74) is 0.384. The fraction of sp³-hybridized carbons (Fsp3) is 0.333. The number of urea groups is 1. The van der Waals surface area contributed by atoms with Crippen molar-refractivity contribution in [2.75, 3.05) is 20.3 Å². The van der Waals surface area contributed by atoms with Crippen molar-refractivity contribution >= 4 is 23.6 Å². The number of methoxy groups -OCH3 is 1. The van der Waals surface area contributed by atoms with Gasteiger partial charge in [-0.3, -0.25) is 0 Å². The zero-order valence-corrected chi connectivity index (χ0v) is 13.4. The van der Waals surface area contributed by atoms with Crippen molar-refractivity contribution in [3.05, 3.63) is 45.9 Å². The number of hydrogen-bond donors (Lipinski definition) is 2. The Hall–Kier alpha value is -2.12. The molecule has 6 nitrogen and oxygen atoms in total. The van der Waals surface area contributed by atoms with E-state index in [9.17, 15) is 14.0 Å². The zero-order chi connectivity index (χ0) is 17.0. The number of amides is 2. The second-order valence-electron chi connectivity index (χ2n) is 4.83. The van der Waals surface area contributed by atoms with Gasteiger partial charge in [0, 0.05) is 23.4 Å². The highest BCUT2D eigenvalue weighted by Gasteiger charge is 2.34. The van der Waals surface area contributed by atoms with Crippen molar-refractivity contribution in [1.29, 1.82) is 0 Å². The minimum absolute atomic E-state index is 0.0158. The Kier molecular flexibility index (Phi) is 5.57. The standard InChI is InChI=1S/C15H16ClFN2O4/c1-8-11(14(20)23-7-6-22-2)13(19-15(21)18-8)12-9(16)4-3-5-10(12)17/h3-5,13H,6-7H2,1-2H3,(H2,18,19,21)/t13-/m0/s1. The summed E-state index contributed by atoms with van der Waals surface area (Å²) in [5.74, 6) is -1.31. The van der Waals surface area contributed by atoms with Gasteiger partial charge in [0.15, 0.2) is 0 Å². The number of rotatable bonds is 5. The molecule has 2 N–H and O–H groups in total. The number of carbonyl (C=O) groups excluding carboxylic acids is 2. The van der Waals surface area contributed by atoms with Gasteiger partial charge in [-0.2, -0.15) is 0 Å². The number of hydrogen-bond acceptors (Lipinski definition) is 4. The predicted octanol–water partition coefficient (Wildman–Crippen LogP) is 2.30. The number of halogens is 2. The largest absolute Gasteiger partial charge is 0.460 e. The van der Waals surface area contributed by atoms with E-state index in [0.717, 1.165) is 0 Å². The van der Waals surface area contributed by atoms with Crippen LogP contribution >= 0.6 is 11.6 Å². The van der Waals surface area contributed by atoms with Gasteiger partial charge in [0.25, 0.3) is 0 Å². The SMILES string of the molecule is COCCOC(=O)C1=C(C)NC(=O)N[C@@H]1c1c(F)cccc1Cl. The van der Waals surface area contributed by atoms with Crippen LogP contribution in [-0.4, -0.2) is 32.3 Å². The number of nitrogens with one attached hydrogen (secondary N) is 2. The van der Waals surface area contributed by atoms with Crippen LogP contribution in [0.15, 0.2) is 29.5 Å². The Balaban J connectivity index is 2.40. The van der Waals surface area contributed by atoms with Crippen LogP contribution < -0.4 is 10.6 Å². The lowest BCUT2D eigenvalue weighted by Crippen LogP contribution is -2.45. The van der Waals surface area contributed by atoms with Gasteiger partial charge in [0.05, 0.1) is 18.2 Å². The van der Waals surface area contributed by atoms with E-state index in [4.69, 9.17) is 21.1 Å². The van der Waals surface area contributed by atoms with Gasteiger partial charge in [-0.1, -0.05) is 17.7 Å². The lowest BCUT2D eigenvalue weighted by Gasteiger charge is -2.28. The molecule has 8 heteroatoms. The molecule has 0 bridgehead atoms. The fourth-order valence-corrected chi connectivity index (χ4v) is 2.53. The molecule has 1 aliphatic heterocycles. The van der Waals surface area contributed by atoms with Gasteiger partial charge in [-0.05, 0) is 19.1 Å². The van der Waals surface area contributed by atoms with Gasteiger partial charge in [0.1, 0.15) is 12.4 Å². The van der Waals surface area contributed by atoms with E-state index >= 15 is 0 Å². The summed E-state index contributed by atoms with van der Waals surface area (Å²) in [7, 11) is 1.47. The Morgan fingerprint density at radius 2 is 2.13 bits per heavy atom. The quantitative estimate of drug-likeness (QED) is 0.636. The number of carbonyl (C=O) groups is 2. The first-order valence-corrected chi connectivity index (χ1v) is 7.21. The minimum Gasteiger partial charge on any atom is -0.460 e. The van der Waals surface area contributed by atoms with E-state index in [0.29, 0.717) is 0 Å². The second-order valence-corrected chi connectivity index (χ2v) is 5.24. The molecule has 0 fully saturated rings. The highest BCUT2D eigenvalue weighted by molar-refractivity contribution is 6.31. The first-order valence-electron chi connectivity index (χ1n) is 6.84. The molecule has 0 radical (unpaired) electrons. The summed E-state index contributed by atoms with van der Waals surface area (Å²) >= 11 is 6.05. The maximum Gasteiger partial charge on any atom is 0.338 e. The second kappa shape index (κ2) is 7.43. The zero-order valence-electron chi connectivity index (χ0n) is 12.6. The van der Waals surface area contributed by atoms with E-state index < -0.39 is 23.9 Å². The number of esters is 1. The number of benzene rings is 1. The summed E-state index contributed by atoms with van der Waals surface area (Å²) in [4.78, 5) is 24.0. The summed E-state index contributed by atoms with van der Waals surface area (Å²) in [6.45, 7) is 1.80. The molecule has 2 amide bonds. The molecule has 2 rings (SSSR count). The Labute approximate surface area is 137 Å². The van der Waals surface area contributed by atoms with Gasteiger partial charge in [-0.25, -0.2) is 14.0 Å². The third kappa shape index (κ3) is 3.80. The third-order valence-electron chi connectivity index (χ3n) is 3.30. The summed E-state index contributed by atoms with van der Waals surface area (Å²) < 4.78 is 24.1. The minimum atomic E-state index is -1.03. The topological polar surface area (TPSA) is 76.7 Å². The van der Waals surface area contributed by atoms with E-state index in [2.05, 4.69) is 10.6 Å². The molecule has 0 unspecified atom stereocenters. The summed E-state index contributed by atoms with van der Waals surface area (Å²) in [5, 5.41) is 5.08. The fourth-order valence-electron chi connectivity index (χ4n) is 2.26. The average molecular weight is 343 g/mol. The van der Waals surface area contributed by atoms with Crippen LogP contribution in [0, 0.1) is 5.82 Å². The van der Waals surface area contributed by atoms with Crippen LogP contribution in [0.4, 0.5) is 9.18 Å². The Morgan fingerprint density at radius 3 is 2.78 bits per heavy atom. The smallest absolute Gasteiger partial charge is 0.338 e. The maximum absolute atomic E-state index is 14.2. The summed E-state index contributed by atoms with van der Waals surface area (Å²) in [6.07, 6.45) is 0. The molecular weight excluding hydrogens is 327 g/mol. The summed E-state index contributed by atoms with van der Waals surface area (Å²) in [6, 6.07) is 2.54. The Bertz CT molecular complexity index is 643. The molecule has 0 saturated carbocycles. The van der Waals surface area contributed by atoms with E-state index in [1.807, 2.05) is 0 Å². The molecule has 1 aromatic rings. The van der Waals surface area contributed by atoms with E-state index in [1.165, 1.54) is 32.2 Å². The van der Waals surface area contributed by atoms with Crippen LogP contribution in [0.3, 0.4) is 0 Å². The van der Waals surface area contributed by atoms with Crippen molar-refractivity contribution < 1.29 is 23.5 Å². The number of allylic oxidation sites excluding steroid dienone is 1. The molecule has 0 spiro atoms. The van der Waals surface area contributed by atoms with Crippen molar-refractivity contribution in [2.45, 2.75) is 13.0 Å². The molecule has 23 heavy (non-hydrogen) atoms. The first kappa shape index (κ1) is 17.2. The molecule has 1 heterocycles. The number of ether oxygens (including phenoxy) is 2. The molecule has 1 atom stereocenters. The van der Waals surface area contributed by atoms with Gasteiger partial charge in [-0.15, -0.1) is 0 Å². The van der Waals surface area contributed by atoms with Gasteiger partial charge in [0.2, 0.25) is 0 Å². The lowest BCUT2D eigenvalue weighted by molar-refractivity contribution is -0.140. The predicted molar refractivity (Wildman–Crippen MR) is 81.4 cm³/mol. The van der Waals surface area contributed by atoms with E-state index in [1.54, 1.807) is 0 Å². The third-order valence-corrected chi connectivity index (χ3v) is 3.63. The molecule has 1 aromatic carbocycles. The molecule has 1 aliphatic rings. The van der Waals surface area contributed by atoms with Crippen molar-refractivity contribution in [3.63, 3.8) is 0 Å². The van der Waals surface area contributed by atoms with Crippen molar-refractivity contribution in [1.82, 2.24) is 10.6 Å². The molecule has 0 saturated heterocycles. The van der Waals surface area contributed by atoms with E-state index in [-0.39, 0.29) is 35.1 Å². The van der Waals surface area contributed by atoms with Gasteiger partial charge < -0.3 is 20.1 Å². The monoisotopic (exact) mass is 342 g/mol. The van der Waals surface area contributed by atoms with Crippen LogP contribution in [0.25, 0.3) is 0 Å². The Morgan fingerprint density at radius 1 is 1.39 bits per heavy atom. The molecule has 0 aliphatic carbocycles. The molecular formula is C15H16ClFN2O4. The van der Waals surface area contributed by atoms with Crippen LogP contribution in [0.5, 0.6) is 0 Å². The van der Waals surface area contributed by atoms with Crippen LogP contribution in [0.2, 0.25) is 5.02 Å². The highest BCUT2D eigenvalue weighted by Crippen LogP contribution is 2.33. The maximum atomic E-state index is 14.2.